The first-order valence-electron chi connectivity index (χ1n) is 11.0. The molecule has 0 unspecified atom stereocenters. The van der Waals surface area contributed by atoms with Crippen molar-refractivity contribution in [2.24, 2.45) is 0 Å². The average Bonchev–Trinajstić information content (AvgIpc) is 2.91. The molecule has 16 heteroatoms. The van der Waals surface area contributed by atoms with Gasteiger partial charge in [-0.1, -0.05) is 17.9 Å². The molecule has 2 aromatic heterocycles. The quantitative estimate of drug-likeness (QED) is 0.114. The van der Waals surface area contributed by atoms with Crippen LogP contribution in [0.25, 0.3) is 0 Å². The number of carbonyl (C=O) groups is 1. The van der Waals surface area contributed by atoms with Crippen molar-refractivity contribution in [2.45, 2.75) is 6.92 Å². The van der Waals surface area contributed by atoms with Crippen molar-refractivity contribution in [3.05, 3.63) is 56.4 Å². The van der Waals surface area contributed by atoms with Gasteiger partial charge in [0.2, 0.25) is 23.5 Å². The topological polar surface area (TPSA) is 212 Å². The van der Waals surface area contributed by atoms with Crippen LogP contribution in [0.1, 0.15) is 17.3 Å². The standard InChI is InChI=1S/C23H20N10O6/c1-4-10-24-19-16(32(35)36)12-26-22(30-19)28-15-9-7-8-14(21(34)39-6-3)18(15)29-23-27-13-17(33(37)38)20(31-23)25-11-5-2/h1-2,7-9,12-13H,6,10-11H2,3H3,(H2,24,26,28,30)(H2,25,27,29,31). The van der Waals surface area contributed by atoms with Crippen LogP contribution in [0, 0.1) is 44.9 Å². The molecule has 0 spiro atoms. The molecule has 4 N–H and O–H groups in total. The van der Waals surface area contributed by atoms with Gasteiger partial charge in [-0.05, 0) is 19.1 Å². The number of para-hydroxylation sites is 1. The molecule has 0 fully saturated rings. The van der Waals surface area contributed by atoms with Crippen molar-refractivity contribution in [1.29, 1.82) is 0 Å². The number of nitro groups is 2. The summed E-state index contributed by atoms with van der Waals surface area (Å²) in [5, 5.41) is 33.7. The van der Waals surface area contributed by atoms with Gasteiger partial charge in [0, 0.05) is 0 Å². The number of nitrogens with one attached hydrogen (secondary N) is 4. The summed E-state index contributed by atoms with van der Waals surface area (Å²) in [5.74, 6) is 3.42. The Morgan fingerprint density at radius 2 is 1.49 bits per heavy atom. The Morgan fingerprint density at radius 1 is 0.949 bits per heavy atom. The Bertz CT molecular complexity index is 1500. The highest BCUT2D eigenvalue weighted by Gasteiger charge is 2.22. The number of rotatable bonds is 12. The van der Waals surface area contributed by atoms with Crippen molar-refractivity contribution < 1.29 is 19.4 Å². The van der Waals surface area contributed by atoms with E-state index in [0.717, 1.165) is 12.4 Å². The summed E-state index contributed by atoms with van der Waals surface area (Å²) in [5.41, 5.74) is -0.445. The van der Waals surface area contributed by atoms with E-state index in [4.69, 9.17) is 17.6 Å². The summed E-state index contributed by atoms with van der Waals surface area (Å²) < 4.78 is 5.14. The maximum Gasteiger partial charge on any atom is 0.340 e. The van der Waals surface area contributed by atoms with E-state index in [1.807, 2.05) is 0 Å². The van der Waals surface area contributed by atoms with E-state index in [1.54, 1.807) is 19.1 Å². The molecular weight excluding hydrogens is 512 g/mol. The van der Waals surface area contributed by atoms with Crippen LogP contribution in [0.4, 0.5) is 46.3 Å². The third-order valence-electron chi connectivity index (χ3n) is 4.69. The van der Waals surface area contributed by atoms with Gasteiger partial charge in [0.25, 0.3) is 0 Å². The number of hydrogen-bond acceptors (Lipinski definition) is 14. The lowest BCUT2D eigenvalue weighted by atomic mass is 10.1. The molecule has 0 aliphatic carbocycles. The second-order valence-corrected chi connectivity index (χ2v) is 7.18. The van der Waals surface area contributed by atoms with Crippen LogP contribution < -0.4 is 21.3 Å². The molecule has 0 bridgehead atoms. The van der Waals surface area contributed by atoms with Crippen LogP contribution in [0.2, 0.25) is 0 Å². The third kappa shape index (κ3) is 6.80. The predicted octanol–water partition coefficient (Wildman–Crippen LogP) is 2.84. The van der Waals surface area contributed by atoms with E-state index >= 15 is 0 Å². The highest BCUT2D eigenvalue weighted by Crippen LogP contribution is 2.33. The minimum absolute atomic E-state index is 0.0318. The van der Waals surface area contributed by atoms with Crippen molar-refractivity contribution in [3.63, 3.8) is 0 Å². The van der Waals surface area contributed by atoms with Gasteiger partial charge in [-0.2, -0.15) is 9.97 Å². The van der Waals surface area contributed by atoms with Crippen LogP contribution in [0.15, 0.2) is 30.6 Å². The van der Waals surface area contributed by atoms with E-state index < -0.39 is 27.2 Å². The Balaban J connectivity index is 2.07. The number of aromatic nitrogens is 4. The number of esters is 1. The maximum absolute atomic E-state index is 12.7. The summed E-state index contributed by atoms with van der Waals surface area (Å²) in [6.45, 7) is 1.64. The normalized spacial score (nSPS) is 9.92. The first-order valence-corrected chi connectivity index (χ1v) is 11.0. The SMILES string of the molecule is C#CCNc1nc(Nc2cccc(C(=O)OCC)c2Nc2ncc([N+](=O)[O-])c(NCC#C)n2)ncc1[N+](=O)[O-]. The van der Waals surface area contributed by atoms with Crippen LogP contribution >= 0.6 is 0 Å². The molecule has 2 heterocycles. The van der Waals surface area contributed by atoms with Crippen LogP contribution in [0.3, 0.4) is 0 Å². The van der Waals surface area contributed by atoms with Gasteiger partial charge in [-0.25, -0.2) is 14.8 Å². The Labute approximate surface area is 220 Å². The summed E-state index contributed by atoms with van der Waals surface area (Å²) in [6, 6.07) is 4.55. The van der Waals surface area contributed by atoms with Crippen molar-refractivity contribution in [1.82, 2.24) is 19.9 Å². The van der Waals surface area contributed by atoms with Crippen LogP contribution in [-0.2, 0) is 4.74 Å². The lowest BCUT2D eigenvalue weighted by Gasteiger charge is -2.16. The predicted molar refractivity (Wildman–Crippen MR) is 141 cm³/mol. The smallest absolute Gasteiger partial charge is 0.340 e. The van der Waals surface area contributed by atoms with Crippen molar-refractivity contribution >= 4 is 52.3 Å². The molecule has 3 rings (SSSR count). The molecule has 0 radical (unpaired) electrons. The molecule has 0 aliphatic heterocycles. The summed E-state index contributed by atoms with van der Waals surface area (Å²) >= 11 is 0. The van der Waals surface area contributed by atoms with E-state index in [1.165, 1.54) is 6.07 Å². The van der Waals surface area contributed by atoms with E-state index in [-0.39, 0.29) is 60.2 Å². The molecule has 39 heavy (non-hydrogen) atoms. The largest absolute Gasteiger partial charge is 0.462 e. The van der Waals surface area contributed by atoms with Gasteiger partial charge < -0.3 is 26.0 Å². The Hall–Kier alpha value is -6.03. The number of benzene rings is 1. The third-order valence-corrected chi connectivity index (χ3v) is 4.69. The average molecular weight is 532 g/mol. The summed E-state index contributed by atoms with van der Waals surface area (Å²) in [7, 11) is 0. The zero-order valence-electron chi connectivity index (χ0n) is 20.3. The molecule has 0 saturated heterocycles. The second kappa shape index (κ2) is 12.8. The summed E-state index contributed by atoms with van der Waals surface area (Å²) in [4.78, 5) is 50.2. The first-order chi connectivity index (χ1) is 18.8. The number of nitrogens with zero attached hydrogens (tertiary/aromatic N) is 6. The van der Waals surface area contributed by atoms with Gasteiger partial charge in [0.05, 0.1) is 46.5 Å². The number of terminal acetylenes is 2. The van der Waals surface area contributed by atoms with E-state index in [0.29, 0.717) is 0 Å². The molecule has 0 atom stereocenters. The first kappa shape index (κ1) is 27.6. The molecule has 198 valence electrons. The van der Waals surface area contributed by atoms with Gasteiger partial charge in [0.1, 0.15) is 12.4 Å². The van der Waals surface area contributed by atoms with Crippen LogP contribution in [-0.4, -0.2) is 55.4 Å². The van der Waals surface area contributed by atoms with E-state index in [2.05, 4.69) is 53.0 Å². The number of carbonyl (C=O) groups excluding carboxylic acids is 1. The molecule has 0 aliphatic rings. The zero-order valence-corrected chi connectivity index (χ0v) is 20.3. The number of ether oxygens (including phenoxy) is 1. The highest BCUT2D eigenvalue weighted by molar-refractivity contribution is 6.00. The Morgan fingerprint density at radius 3 is 1.97 bits per heavy atom. The molecule has 0 amide bonds. The number of anilines is 6. The van der Waals surface area contributed by atoms with Gasteiger partial charge in [-0.15, -0.1) is 12.8 Å². The molecule has 0 saturated carbocycles. The second-order valence-electron chi connectivity index (χ2n) is 7.18. The number of hydrogen-bond donors (Lipinski definition) is 4. The highest BCUT2D eigenvalue weighted by atomic mass is 16.6. The fourth-order valence-corrected chi connectivity index (χ4v) is 3.07. The van der Waals surface area contributed by atoms with Crippen molar-refractivity contribution in [2.75, 3.05) is 41.0 Å². The molecule has 1 aromatic carbocycles. The molecular formula is C23H20N10O6. The maximum atomic E-state index is 12.7. The Kier molecular flexibility index (Phi) is 9.03. The zero-order chi connectivity index (χ0) is 28.4. The van der Waals surface area contributed by atoms with Gasteiger partial charge >= 0.3 is 17.3 Å². The monoisotopic (exact) mass is 532 g/mol. The fraction of sp³-hybridized carbons (Fsp3) is 0.174. The molecule has 3 aromatic rings. The van der Waals surface area contributed by atoms with E-state index in [9.17, 15) is 25.0 Å². The lowest BCUT2D eigenvalue weighted by Crippen LogP contribution is -2.13. The van der Waals surface area contributed by atoms with Gasteiger partial charge in [-0.3, -0.25) is 20.2 Å². The fourth-order valence-electron chi connectivity index (χ4n) is 3.07. The van der Waals surface area contributed by atoms with Crippen molar-refractivity contribution in [3.8, 4) is 24.7 Å². The minimum atomic E-state index is -0.697. The van der Waals surface area contributed by atoms with Gasteiger partial charge in [0.15, 0.2) is 0 Å². The molecule has 16 nitrogen and oxygen atoms in total. The van der Waals surface area contributed by atoms with Crippen LogP contribution in [0.5, 0.6) is 0 Å². The summed E-state index contributed by atoms with van der Waals surface area (Å²) in [6.07, 6.45) is 12.4. The lowest BCUT2D eigenvalue weighted by molar-refractivity contribution is -0.384. The minimum Gasteiger partial charge on any atom is -0.462 e.